The van der Waals surface area contributed by atoms with Crippen molar-refractivity contribution in [2.45, 2.75) is 37.9 Å². The number of hydrogen-bond acceptors (Lipinski definition) is 3. The summed E-state index contributed by atoms with van der Waals surface area (Å²) in [7, 11) is 0. The van der Waals surface area contributed by atoms with Crippen molar-refractivity contribution in [1.82, 2.24) is 15.1 Å². The zero-order chi connectivity index (χ0) is 14.6. The van der Waals surface area contributed by atoms with E-state index in [9.17, 15) is 9.59 Å². The molecule has 0 aromatic heterocycles. The molecule has 110 valence electrons. The highest BCUT2D eigenvalue weighted by Gasteiger charge is 2.42. The molecule has 1 unspecified atom stereocenters. The summed E-state index contributed by atoms with van der Waals surface area (Å²) in [4.78, 5) is 31.4. The number of rotatable bonds is 1. The predicted molar refractivity (Wildman–Crippen MR) is 77.9 cm³/mol. The minimum atomic E-state index is -0.289. The first-order valence-corrected chi connectivity index (χ1v) is 7.45. The van der Waals surface area contributed by atoms with Crippen LogP contribution < -0.4 is 5.32 Å². The fourth-order valence-corrected chi connectivity index (χ4v) is 3.97. The van der Waals surface area contributed by atoms with Gasteiger partial charge in [0.15, 0.2) is 0 Å². The highest BCUT2D eigenvalue weighted by atomic mass is 16.2. The molecule has 3 aliphatic heterocycles. The van der Waals surface area contributed by atoms with Crippen LogP contribution >= 0.6 is 0 Å². The maximum atomic E-state index is 11.7. The highest BCUT2D eigenvalue weighted by Crippen LogP contribution is 2.32. The summed E-state index contributed by atoms with van der Waals surface area (Å²) in [5.74, 6) is 0.192. The second-order valence-corrected chi connectivity index (χ2v) is 6.12. The third-order valence-electron chi connectivity index (χ3n) is 4.82. The molecule has 1 aliphatic carbocycles. The topological polar surface area (TPSA) is 65.0 Å². The van der Waals surface area contributed by atoms with Crippen LogP contribution in [0.3, 0.4) is 0 Å². The first kappa shape index (κ1) is 12.8. The standard InChI is InChI=1S/C15H18N4O2/c1-9(20)19-11-2-3-12(19)8-18(7-11)10-4-5-13-14(6-10)17-15(21)16-13/h4-6,10-12H,2-3,7-8H2,1H3,(H,17,21)/t10?,11-,12+. The molecule has 21 heavy (non-hydrogen) atoms. The molecule has 4 aliphatic rings. The van der Waals surface area contributed by atoms with Crippen molar-refractivity contribution in [2.75, 3.05) is 13.1 Å². The summed E-state index contributed by atoms with van der Waals surface area (Å²) >= 11 is 0. The Morgan fingerprint density at radius 2 is 2.05 bits per heavy atom. The summed E-state index contributed by atoms with van der Waals surface area (Å²) in [5, 5.41) is 2.77. The van der Waals surface area contributed by atoms with Gasteiger partial charge in [-0.05, 0) is 25.0 Å². The first-order valence-electron chi connectivity index (χ1n) is 7.45. The molecule has 3 atom stereocenters. The second-order valence-electron chi connectivity index (χ2n) is 6.12. The lowest BCUT2D eigenvalue weighted by Gasteiger charge is -2.43. The van der Waals surface area contributed by atoms with E-state index in [2.05, 4.69) is 32.3 Å². The van der Waals surface area contributed by atoms with Crippen LogP contribution in [-0.2, 0) is 4.79 Å². The van der Waals surface area contributed by atoms with Crippen molar-refractivity contribution in [3.63, 3.8) is 0 Å². The van der Waals surface area contributed by atoms with Gasteiger partial charge in [0.05, 0.1) is 11.4 Å². The van der Waals surface area contributed by atoms with E-state index in [1.165, 1.54) is 0 Å². The normalized spacial score (nSPS) is 34.4. The van der Waals surface area contributed by atoms with Crippen LogP contribution in [0.2, 0.25) is 0 Å². The Hall–Kier alpha value is -1.95. The van der Waals surface area contributed by atoms with Gasteiger partial charge in [0.25, 0.3) is 0 Å². The molecule has 2 saturated heterocycles. The Bertz CT molecular complexity index is 593. The third kappa shape index (κ3) is 2.01. The second kappa shape index (κ2) is 4.53. The van der Waals surface area contributed by atoms with Crippen LogP contribution in [0, 0.1) is 0 Å². The van der Waals surface area contributed by atoms with Crippen molar-refractivity contribution in [1.29, 1.82) is 0 Å². The van der Waals surface area contributed by atoms with Gasteiger partial charge in [0.2, 0.25) is 5.91 Å². The van der Waals surface area contributed by atoms with Gasteiger partial charge in [-0.1, -0.05) is 6.08 Å². The Morgan fingerprint density at radius 3 is 2.71 bits per heavy atom. The summed E-state index contributed by atoms with van der Waals surface area (Å²) < 4.78 is 0. The molecular formula is C15H18N4O2. The zero-order valence-corrected chi connectivity index (χ0v) is 12.0. The van der Waals surface area contributed by atoms with Gasteiger partial charge >= 0.3 is 6.03 Å². The van der Waals surface area contributed by atoms with E-state index in [-0.39, 0.29) is 18.0 Å². The SMILES string of the molecule is CC(=O)N1[C@@H]2CC[C@H]1CN(C1C=CC3=NC(=O)NC3=C1)C2. The van der Waals surface area contributed by atoms with Gasteiger partial charge in [-0.15, -0.1) is 0 Å². The zero-order valence-electron chi connectivity index (χ0n) is 12.0. The van der Waals surface area contributed by atoms with Crippen LogP contribution in [0.4, 0.5) is 4.79 Å². The molecule has 6 heteroatoms. The van der Waals surface area contributed by atoms with Gasteiger partial charge in [-0.25, -0.2) is 4.79 Å². The van der Waals surface area contributed by atoms with Gasteiger partial charge in [0.1, 0.15) is 0 Å². The summed E-state index contributed by atoms with van der Waals surface area (Å²) in [5.41, 5.74) is 1.54. The molecule has 0 radical (unpaired) electrons. The van der Waals surface area contributed by atoms with E-state index in [4.69, 9.17) is 0 Å². The molecular weight excluding hydrogens is 268 g/mol. The summed E-state index contributed by atoms with van der Waals surface area (Å²) in [6, 6.07) is 0.556. The van der Waals surface area contributed by atoms with E-state index in [0.717, 1.165) is 37.3 Å². The summed E-state index contributed by atoms with van der Waals surface area (Å²) in [6.07, 6.45) is 8.25. The molecule has 2 bridgehead atoms. The quantitative estimate of drug-likeness (QED) is 0.770. The number of amides is 3. The molecule has 0 spiro atoms. The number of nitrogens with zero attached hydrogens (tertiary/aromatic N) is 3. The van der Waals surface area contributed by atoms with Crippen molar-refractivity contribution < 1.29 is 9.59 Å². The number of nitrogens with one attached hydrogen (secondary N) is 1. The monoisotopic (exact) mass is 286 g/mol. The van der Waals surface area contributed by atoms with Gasteiger partial charge < -0.3 is 10.2 Å². The van der Waals surface area contributed by atoms with Gasteiger partial charge in [-0.2, -0.15) is 4.99 Å². The van der Waals surface area contributed by atoms with Crippen LogP contribution in [0.5, 0.6) is 0 Å². The lowest BCUT2D eigenvalue weighted by atomic mass is 10.0. The number of hydrogen-bond donors (Lipinski definition) is 1. The number of aliphatic imine (C=N–C) groups is 1. The maximum absolute atomic E-state index is 11.7. The van der Waals surface area contributed by atoms with Gasteiger partial charge in [-0.3, -0.25) is 9.69 Å². The highest BCUT2D eigenvalue weighted by molar-refractivity contribution is 6.19. The van der Waals surface area contributed by atoms with E-state index in [0.29, 0.717) is 12.1 Å². The van der Waals surface area contributed by atoms with Crippen molar-refractivity contribution >= 4 is 17.6 Å². The summed E-state index contributed by atoms with van der Waals surface area (Å²) in [6.45, 7) is 3.46. The smallest absolute Gasteiger partial charge is 0.334 e. The van der Waals surface area contributed by atoms with E-state index in [1.54, 1.807) is 6.92 Å². The predicted octanol–water partition coefficient (Wildman–Crippen LogP) is 0.668. The number of carbonyl (C=O) groups excluding carboxylic acids is 2. The number of urea groups is 1. The molecule has 0 aromatic rings. The van der Waals surface area contributed by atoms with Crippen molar-refractivity contribution in [2.24, 2.45) is 4.99 Å². The molecule has 1 N–H and O–H groups in total. The van der Waals surface area contributed by atoms with Crippen LogP contribution in [0.15, 0.2) is 28.9 Å². The molecule has 3 amide bonds. The van der Waals surface area contributed by atoms with Crippen LogP contribution in [0.1, 0.15) is 19.8 Å². The fourth-order valence-electron chi connectivity index (χ4n) is 3.97. The Labute approximate surface area is 123 Å². The molecule has 3 heterocycles. The largest absolute Gasteiger partial charge is 0.346 e. The number of likely N-dealkylation sites (tertiary alicyclic amines) is 1. The number of carbonyl (C=O) groups is 2. The third-order valence-corrected chi connectivity index (χ3v) is 4.82. The minimum absolute atomic E-state index is 0.176. The molecule has 0 aromatic carbocycles. The number of allylic oxidation sites excluding steroid dienone is 1. The molecule has 4 rings (SSSR count). The lowest BCUT2D eigenvalue weighted by Crippen LogP contribution is -2.57. The minimum Gasteiger partial charge on any atom is -0.334 e. The first-order chi connectivity index (χ1) is 10.1. The average molecular weight is 286 g/mol. The maximum Gasteiger partial charge on any atom is 0.346 e. The Balaban J connectivity index is 1.53. The van der Waals surface area contributed by atoms with E-state index < -0.39 is 0 Å². The number of piperazine rings is 1. The van der Waals surface area contributed by atoms with E-state index in [1.807, 2.05) is 6.08 Å². The van der Waals surface area contributed by atoms with Crippen molar-refractivity contribution in [3.8, 4) is 0 Å². The van der Waals surface area contributed by atoms with Crippen LogP contribution in [0.25, 0.3) is 0 Å². The fraction of sp³-hybridized carbons (Fsp3) is 0.533. The lowest BCUT2D eigenvalue weighted by molar-refractivity contribution is -0.134. The van der Waals surface area contributed by atoms with Gasteiger partial charge in [0, 0.05) is 38.1 Å². The molecule has 6 nitrogen and oxygen atoms in total. The Morgan fingerprint density at radius 1 is 1.33 bits per heavy atom. The molecule has 0 saturated carbocycles. The molecule has 2 fully saturated rings. The van der Waals surface area contributed by atoms with Crippen LogP contribution in [-0.4, -0.2) is 58.7 Å². The average Bonchev–Trinajstić information content (AvgIpc) is 2.94. The number of fused-ring (bicyclic) bond motifs is 3. The van der Waals surface area contributed by atoms with E-state index >= 15 is 0 Å². The van der Waals surface area contributed by atoms with Crippen molar-refractivity contribution in [3.05, 3.63) is 23.9 Å². The Kier molecular flexibility index (Phi) is 2.75.